The maximum absolute atomic E-state index is 4.53. The summed E-state index contributed by atoms with van der Waals surface area (Å²) in [7, 11) is 3.86. The van der Waals surface area contributed by atoms with E-state index in [1.807, 2.05) is 44.0 Å². The molecule has 0 aromatic carbocycles. The Morgan fingerprint density at radius 3 is 2.71 bits per heavy atom. The summed E-state index contributed by atoms with van der Waals surface area (Å²) in [5.41, 5.74) is 2.82. The van der Waals surface area contributed by atoms with Crippen LogP contribution in [-0.2, 0) is 20.6 Å². The van der Waals surface area contributed by atoms with E-state index in [9.17, 15) is 0 Å². The van der Waals surface area contributed by atoms with Crippen LogP contribution in [0.5, 0.6) is 0 Å². The number of imidazole rings is 1. The molecule has 3 aromatic heterocycles. The van der Waals surface area contributed by atoms with E-state index < -0.39 is 0 Å². The van der Waals surface area contributed by atoms with Gasteiger partial charge >= 0.3 is 0 Å². The van der Waals surface area contributed by atoms with E-state index in [0.717, 1.165) is 22.8 Å². The SMILES string of the molecule is Cc1nn(C)cc1-c1ccnc(NCc2nccn2C)n1. The average molecular weight is 283 g/mol. The van der Waals surface area contributed by atoms with Gasteiger partial charge in [0.1, 0.15) is 5.82 Å². The largest absolute Gasteiger partial charge is 0.347 e. The number of anilines is 1. The lowest BCUT2D eigenvalue weighted by molar-refractivity contribution is 0.756. The Labute approximate surface area is 122 Å². The summed E-state index contributed by atoms with van der Waals surface area (Å²) in [6.07, 6.45) is 7.39. The number of hydrogen-bond acceptors (Lipinski definition) is 5. The molecule has 21 heavy (non-hydrogen) atoms. The molecule has 0 amide bonds. The van der Waals surface area contributed by atoms with Gasteiger partial charge in [-0.25, -0.2) is 15.0 Å². The van der Waals surface area contributed by atoms with Gasteiger partial charge in [0.05, 0.1) is 17.9 Å². The van der Waals surface area contributed by atoms with Gasteiger partial charge in [-0.3, -0.25) is 4.68 Å². The summed E-state index contributed by atoms with van der Waals surface area (Å²) >= 11 is 0. The molecule has 0 aliphatic heterocycles. The van der Waals surface area contributed by atoms with Gasteiger partial charge in [-0.15, -0.1) is 0 Å². The van der Waals surface area contributed by atoms with Crippen molar-refractivity contribution in [2.45, 2.75) is 13.5 Å². The number of aromatic nitrogens is 6. The predicted molar refractivity (Wildman–Crippen MR) is 79.5 cm³/mol. The molecule has 7 nitrogen and oxygen atoms in total. The lowest BCUT2D eigenvalue weighted by atomic mass is 10.2. The minimum absolute atomic E-state index is 0.582. The van der Waals surface area contributed by atoms with Crippen molar-refractivity contribution in [3.8, 4) is 11.3 Å². The van der Waals surface area contributed by atoms with Gasteiger partial charge in [0.25, 0.3) is 0 Å². The van der Waals surface area contributed by atoms with Crippen LogP contribution < -0.4 is 5.32 Å². The van der Waals surface area contributed by atoms with Gasteiger partial charge in [0.15, 0.2) is 0 Å². The fourth-order valence-electron chi connectivity index (χ4n) is 2.17. The van der Waals surface area contributed by atoms with Crippen molar-refractivity contribution in [2.75, 3.05) is 5.32 Å². The molecule has 0 saturated heterocycles. The molecule has 3 heterocycles. The second kappa shape index (κ2) is 5.35. The van der Waals surface area contributed by atoms with E-state index >= 15 is 0 Å². The molecule has 0 radical (unpaired) electrons. The molecule has 0 spiro atoms. The zero-order chi connectivity index (χ0) is 14.8. The molecule has 3 rings (SSSR count). The van der Waals surface area contributed by atoms with Crippen LogP contribution in [0.2, 0.25) is 0 Å². The highest BCUT2D eigenvalue weighted by Crippen LogP contribution is 2.20. The van der Waals surface area contributed by atoms with Crippen molar-refractivity contribution in [1.82, 2.24) is 29.3 Å². The zero-order valence-electron chi connectivity index (χ0n) is 12.3. The second-order valence-corrected chi connectivity index (χ2v) is 4.88. The molecule has 3 aromatic rings. The maximum atomic E-state index is 4.53. The van der Waals surface area contributed by atoms with E-state index in [0.29, 0.717) is 12.5 Å². The quantitative estimate of drug-likeness (QED) is 0.786. The first-order chi connectivity index (χ1) is 10.1. The minimum Gasteiger partial charge on any atom is -0.347 e. The molecule has 1 N–H and O–H groups in total. The normalized spacial score (nSPS) is 10.8. The molecular formula is C14H17N7. The molecule has 0 saturated carbocycles. The summed E-state index contributed by atoms with van der Waals surface area (Å²) < 4.78 is 3.75. The lowest BCUT2D eigenvalue weighted by Crippen LogP contribution is -2.08. The predicted octanol–water partition coefficient (Wildman–Crippen LogP) is 1.53. The van der Waals surface area contributed by atoms with Crippen LogP contribution in [-0.4, -0.2) is 29.3 Å². The number of rotatable bonds is 4. The second-order valence-electron chi connectivity index (χ2n) is 4.88. The fraction of sp³-hybridized carbons (Fsp3) is 0.286. The third-order valence-corrected chi connectivity index (χ3v) is 3.27. The number of hydrogen-bond donors (Lipinski definition) is 1. The molecule has 108 valence electrons. The van der Waals surface area contributed by atoms with Crippen LogP contribution in [0.25, 0.3) is 11.3 Å². The first kappa shape index (κ1) is 13.3. The maximum Gasteiger partial charge on any atom is 0.223 e. The molecule has 0 unspecified atom stereocenters. The van der Waals surface area contributed by atoms with Crippen LogP contribution in [0.15, 0.2) is 30.9 Å². The van der Waals surface area contributed by atoms with Crippen molar-refractivity contribution in [3.63, 3.8) is 0 Å². The van der Waals surface area contributed by atoms with Gasteiger partial charge in [-0.1, -0.05) is 0 Å². The van der Waals surface area contributed by atoms with Gasteiger partial charge in [0.2, 0.25) is 5.95 Å². The van der Waals surface area contributed by atoms with Crippen LogP contribution in [0.3, 0.4) is 0 Å². The Morgan fingerprint density at radius 1 is 1.19 bits per heavy atom. The average Bonchev–Trinajstić information content (AvgIpc) is 3.02. The molecule has 0 fully saturated rings. The van der Waals surface area contributed by atoms with Crippen LogP contribution in [0.4, 0.5) is 5.95 Å². The Bertz CT molecular complexity index is 756. The van der Waals surface area contributed by atoms with Crippen molar-refractivity contribution >= 4 is 5.95 Å². The van der Waals surface area contributed by atoms with Crippen molar-refractivity contribution < 1.29 is 0 Å². The summed E-state index contributed by atoms with van der Waals surface area (Å²) in [4.78, 5) is 13.0. The summed E-state index contributed by atoms with van der Waals surface area (Å²) in [5.74, 6) is 1.51. The first-order valence-corrected chi connectivity index (χ1v) is 6.67. The molecule has 0 aliphatic rings. The molecule has 7 heteroatoms. The smallest absolute Gasteiger partial charge is 0.223 e. The van der Waals surface area contributed by atoms with Crippen LogP contribution in [0.1, 0.15) is 11.5 Å². The Balaban J connectivity index is 1.80. The fourth-order valence-corrected chi connectivity index (χ4v) is 2.17. The minimum atomic E-state index is 0.582. The first-order valence-electron chi connectivity index (χ1n) is 6.67. The summed E-state index contributed by atoms with van der Waals surface area (Å²) in [6, 6.07) is 1.88. The van der Waals surface area contributed by atoms with Crippen LogP contribution in [0, 0.1) is 6.92 Å². The highest BCUT2D eigenvalue weighted by molar-refractivity contribution is 5.61. The Hall–Kier alpha value is -2.70. The van der Waals surface area contributed by atoms with Crippen molar-refractivity contribution in [2.24, 2.45) is 14.1 Å². The third kappa shape index (κ3) is 2.76. The molecular weight excluding hydrogens is 266 g/mol. The van der Waals surface area contributed by atoms with Gasteiger partial charge < -0.3 is 9.88 Å². The highest BCUT2D eigenvalue weighted by Gasteiger charge is 2.09. The summed E-state index contributed by atoms with van der Waals surface area (Å²) in [6.45, 7) is 2.55. The number of nitrogens with one attached hydrogen (secondary N) is 1. The standard InChI is InChI=1S/C14H17N7/c1-10-11(9-21(3)19-10)12-4-5-16-14(18-12)17-8-13-15-6-7-20(13)2/h4-7,9H,8H2,1-3H3,(H,16,17,18). The van der Waals surface area contributed by atoms with E-state index in [1.165, 1.54) is 0 Å². The lowest BCUT2D eigenvalue weighted by Gasteiger charge is -2.06. The number of nitrogens with zero attached hydrogens (tertiary/aromatic N) is 6. The van der Waals surface area contributed by atoms with Gasteiger partial charge in [0, 0.05) is 44.4 Å². The van der Waals surface area contributed by atoms with Crippen LogP contribution >= 0.6 is 0 Å². The Morgan fingerprint density at radius 2 is 2.05 bits per heavy atom. The monoisotopic (exact) mass is 283 g/mol. The topological polar surface area (TPSA) is 73.5 Å². The van der Waals surface area contributed by atoms with Crippen molar-refractivity contribution in [1.29, 1.82) is 0 Å². The summed E-state index contributed by atoms with van der Waals surface area (Å²) in [5, 5.41) is 7.53. The molecule has 0 aliphatic carbocycles. The van der Waals surface area contributed by atoms with Gasteiger partial charge in [-0.05, 0) is 13.0 Å². The highest BCUT2D eigenvalue weighted by atomic mass is 15.3. The molecule has 0 bridgehead atoms. The molecule has 0 atom stereocenters. The van der Waals surface area contributed by atoms with Crippen molar-refractivity contribution in [3.05, 3.63) is 42.4 Å². The van der Waals surface area contributed by atoms with E-state index in [4.69, 9.17) is 0 Å². The number of aryl methyl sites for hydroxylation is 3. The zero-order valence-corrected chi connectivity index (χ0v) is 12.3. The van der Waals surface area contributed by atoms with Gasteiger partial charge in [-0.2, -0.15) is 5.10 Å². The third-order valence-electron chi connectivity index (χ3n) is 3.27. The van der Waals surface area contributed by atoms with E-state index in [-0.39, 0.29) is 0 Å². The Kier molecular flexibility index (Phi) is 3.39. The van der Waals surface area contributed by atoms with E-state index in [2.05, 4.69) is 25.4 Å². The van der Waals surface area contributed by atoms with E-state index in [1.54, 1.807) is 17.1 Å².